The molecule has 0 amide bonds. The Morgan fingerprint density at radius 3 is 0.618 bits per heavy atom. The largest absolute Gasteiger partial charge is 0.507 e. The Labute approximate surface area is 451 Å². The number of phenols is 8. The van der Waals surface area contributed by atoms with Gasteiger partial charge in [0.2, 0.25) is 0 Å². The molecule has 4 aromatic carbocycles. The summed E-state index contributed by atoms with van der Waals surface area (Å²) in [6.45, 7) is 15.5. The van der Waals surface area contributed by atoms with E-state index < -0.39 is 23.7 Å². The Bertz CT molecular complexity index is 2320. The lowest BCUT2D eigenvalue weighted by Gasteiger charge is -2.33. The Morgan fingerprint density at radius 2 is 0.487 bits per heavy atom. The van der Waals surface area contributed by atoms with E-state index >= 15 is 0 Å². The molecule has 1 aliphatic carbocycles. The third-order valence-corrected chi connectivity index (χ3v) is 14.1. The van der Waals surface area contributed by atoms with Crippen molar-refractivity contribution in [2.75, 3.05) is 26.4 Å². The summed E-state index contributed by atoms with van der Waals surface area (Å²) in [5, 5.41) is 102. The van der Waals surface area contributed by atoms with Gasteiger partial charge in [-0.05, 0) is 73.6 Å². The van der Waals surface area contributed by atoms with Crippen LogP contribution in [0.1, 0.15) is 197 Å². The maximum absolute atomic E-state index is 12.7. The van der Waals surface area contributed by atoms with Gasteiger partial charge < -0.3 is 59.8 Å². The fourth-order valence-corrected chi connectivity index (χ4v) is 10.5. The first kappa shape index (κ1) is 60.2. The van der Waals surface area contributed by atoms with Gasteiger partial charge in [0.25, 0.3) is 0 Å². The van der Waals surface area contributed by atoms with Gasteiger partial charge in [-0.25, -0.2) is 0 Å². The highest BCUT2D eigenvalue weighted by Gasteiger charge is 2.38. The van der Waals surface area contributed by atoms with Crippen LogP contribution in [0.4, 0.5) is 0 Å². The van der Waals surface area contributed by atoms with Crippen molar-refractivity contribution in [3.05, 3.63) is 91.0 Å². The average molecular weight is 1040 g/mol. The fraction of sp³-hybridized carbons (Fsp3) is 0.500. The van der Waals surface area contributed by atoms with Crippen LogP contribution in [0.3, 0.4) is 0 Å². The molecule has 0 heterocycles. The lowest BCUT2D eigenvalue weighted by atomic mass is 9.73. The van der Waals surface area contributed by atoms with Gasteiger partial charge in [0.05, 0.1) is 75.1 Å². The van der Waals surface area contributed by atoms with Crippen molar-refractivity contribution in [2.24, 2.45) is 23.7 Å². The minimum atomic E-state index is -0.844. The summed E-state index contributed by atoms with van der Waals surface area (Å²) in [5.41, 5.74) is 2.77. The quantitative estimate of drug-likeness (QED) is 0.0244. The SMILES string of the molecule is C#CCCOCc1c(O)c2cc(c1O)C(CC(C)C)c1cc(c(O)c(COCCC#C)c1O)C(CC(C)C)c1cc(c(O)c(COCCC#C)c1O)C(CC(C)C)c1cc(c(O)c(COCCC#C)c1O)C2CC(C)C. The number of hydrogen-bond donors (Lipinski definition) is 8. The lowest BCUT2D eigenvalue weighted by molar-refractivity contribution is 0.122. The summed E-state index contributed by atoms with van der Waals surface area (Å²) in [6, 6.07) is 6.87. The van der Waals surface area contributed by atoms with Crippen molar-refractivity contribution in [1.29, 1.82) is 0 Å². The van der Waals surface area contributed by atoms with E-state index in [-0.39, 0.29) is 170 Å². The predicted octanol–water partition coefficient (Wildman–Crippen LogP) is 12.5. The summed E-state index contributed by atoms with van der Waals surface area (Å²) in [4.78, 5) is 0. The van der Waals surface area contributed by atoms with Crippen molar-refractivity contribution in [3.8, 4) is 95.4 Å². The van der Waals surface area contributed by atoms with Crippen LogP contribution in [0.2, 0.25) is 0 Å². The van der Waals surface area contributed by atoms with E-state index in [4.69, 9.17) is 44.6 Å². The van der Waals surface area contributed by atoms with Gasteiger partial charge in [0.15, 0.2) is 0 Å². The number of ether oxygens (including phenoxy) is 4. The highest BCUT2D eigenvalue weighted by molar-refractivity contribution is 5.67. The summed E-state index contributed by atoms with van der Waals surface area (Å²) >= 11 is 0. The number of hydrogen-bond acceptors (Lipinski definition) is 12. The molecule has 0 unspecified atom stereocenters. The van der Waals surface area contributed by atoms with Crippen LogP contribution in [0, 0.1) is 73.0 Å². The van der Waals surface area contributed by atoms with Gasteiger partial charge in [-0.3, -0.25) is 0 Å². The molecule has 1 aliphatic rings. The number of benzene rings is 4. The third-order valence-electron chi connectivity index (χ3n) is 14.1. The first-order valence-corrected chi connectivity index (χ1v) is 26.6. The second kappa shape index (κ2) is 27.9. The molecular weight excluding hydrogens is 961 g/mol. The molecular formula is C64H80O12. The van der Waals surface area contributed by atoms with Crippen LogP contribution < -0.4 is 0 Å². The molecule has 0 radical (unpaired) electrons. The molecule has 408 valence electrons. The second-order valence-electron chi connectivity index (χ2n) is 21.7. The zero-order valence-electron chi connectivity index (χ0n) is 45.8. The number of terminal acetylenes is 4. The lowest BCUT2D eigenvalue weighted by Crippen LogP contribution is -2.16. The van der Waals surface area contributed by atoms with E-state index in [1.807, 2.05) is 55.4 Å². The van der Waals surface area contributed by atoms with Crippen LogP contribution in [-0.4, -0.2) is 67.3 Å². The van der Waals surface area contributed by atoms with E-state index in [9.17, 15) is 40.9 Å². The van der Waals surface area contributed by atoms with Crippen molar-refractivity contribution < 1.29 is 59.8 Å². The summed E-state index contributed by atoms with van der Waals surface area (Å²) in [5.74, 6) is 4.24. The van der Waals surface area contributed by atoms with E-state index in [1.165, 1.54) is 0 Å². The first-order valence-electron chi connectivity index (χ1n) is 26.6. The zero-order chi connectivity index (χ0) is 56.0. The normalized spacial score (nSPS) is 16.2. The maximum atomic E-state index is 12.7. The molecule has 0 saturated carbocycles. The summed E-state index contributed by atoms with van der Waals surface area (Å²) in [7, 11) is 0. The highest BCUT2D eigenvalue weighted by atomic mass is 16.5. The second-order valence-corrected chi connectivity index (χ2v) is 21.7. The summed E-state index contributed by atoms with van der Waals surface area (Å²) in [6.07, 6.45) is 24.7. The molecule has 0 atom stereocenters. The maximum Gasteiger partial charge on any atom is 0.128 e. The topological polar surface area (TPSA) is 199 Å². The van der Waals surface area contributed by atoms with Crippen molar-refractivity contribution in [2.45, 2.75) is 157 Å². The Hall–Kier alpha value is -6.64. The van der Waals surface area contributed by atoms with E-state index in [0.717, 1.165) is 0 Å². The van der Waals surface area contributed by atoms with E-state index in [2.05, 4.69) is 23.7 Å². The Kier molecular flexibility index (Phi) is 22.1. The van der Waals surface area contributed by atoms with Crippen LogP contribution in [-0.2, 0) is 45.4 Å². The number of phenolic OH excluding ortho intramolecular Hbond substituents is 8. The Morgan fingerprint density at radius 1 is 0.329 bits per heavy atom. The van der Waals surface area contributed by atoms with Crippen LogP contribution >= 0.6 is 0 Å². The van der Waals surface area contributed by atoms with Crippen LogP contribution in [0.15, 0.2) is 24.3 Å². The van der Waals surface area contributed by atoms with Crippen molar-refractivity contribution in [1.82, 2.24) is 0 Å². The van der Waals surface area contributed by atoms with Gasteiger partial charge in [0.1, 0.15) is 46.0 Å². The van der Waals surface area contributed by atoms with E-state index in [0.29, 0.717) is 70.2 Å². The highest BCUT2D eigenvalue weighted by Crippen LogP contribution is 2.56. The van der Waals surface area contributed by atoms with E-state index in [1.54, 1.807) is 24.3 Å². The van der Waals surface area contributed by atoms with Crippen molar-refractivity contribution >= 4 is 0 Å². The molecule has 5 rings (SSSR count). The molecule has 76 heavy (non-hydrogen) atoms. The fourth-order valence-electron chi connectivity index (χ4n) is 10.5. The molecule has 0 aliphatic heterocycles. The number of fused-ring (bicyclic) bond motifs is 8. The van der Waals surface area contributed by atoms with Crippen LogP contribution in [0.5, 0.6) is 46.0 Å². The molecule has 8 N–H and O–H groups in total. The van der Waals surface area contributed by atoms with Crippen LogP contribution in [0.25, 0.3) is 0 Å². The minimum Gasteiger partial charge on any atom is -0.507 e. The number of rotatable bonds is 24. The molecule has 0 aromatic heterocycles. The molecule has 0 saturated heterocycles. The van der Waals surface area contributed by atoms with Crippen molar-refractivity contribution in [3.63, 3.8) is 0 Å². The first-order chi connectivity index (χ1) is 36.2. The van der Waals surface area contributed by atoms with Gasteiger partial charge in [-0.2, -0.15) is 0 Å². The van der Waals surface area contributed by atoms with Gasteiger partial charge in [-0.15, -0.1) is 49.4 Å². The van der Waals surface area contributed by atoms with Gasteiger partial charge in [0, 0.05) is 93.9 Å². The summed E-state index contributed by atoms with van der Waals surface area (Å²) < 4.78 is 24.2. The minimum absolute atomic E-state index is 0.0537. The molecule has 12 heteroatoms. The molecule has 0 spiro atoms. The molecule has 8 bridgehead atoms. The molecule has 4 aromatic rings. The monoisotopic (exact) mass is 1040 g/mol. The third kappa shape index (κ3) is 14.0. The molecule has 0 fully saturated rings. The zero-order valence-corrected chi connectivity index (χ0v) is 45.8. The average Bonchev–Trinajstić information content (AvgIpc) is 3.35. The van der Waals surface area contributed by atoms with Gasteiger partial charge in [-0.1, -0.05) is 55.4 Å². The van der Waals surface area contributed by atoms with Gasteiger partial charge >= 0.3 is 0 Å². The molecule has 12 nitrogen and oxygen atoms in total. The smallest absolute Gasteiger partial charge is 0.128 e. The predicted molar refractivity (Wildman–Crippen MR) is 297 cm³/mol. The standard InChI is InChI=1S/C64H80O12/c1-13-17-21-73-33-53-57(65)45-29-46(58(53)66)42(26-38(7)8)48-31-50(62(70)55(60(48)68)35-75-23-19-15-3)44(28-40(11)12)52-32-51(63(71)56(64(52)72)36-76-24-20-16-4)43(27-39(9)10)49-30-47(41(45)25-37(5)6)59(67)54(61(49)69)34-74-22-18-14-2/h1-4,29-32,37-44,65-72H,17-28,33-36H2,5-12H3. The number of aromatic hydroxyl groups is 8. The Balaban J connectivity index is 2.16.